The summed E-state index contributed by atoms with van der Waals surface area (Å²) in [5.41, 5.74) is 3.85. The van der Waals surface area contributed by atoms with Crippen LogP contribution in [0.1, 0.15) is 47.6 Å². The van der Waals surface area contributed by atoms with Crippen molar-refractivity contribution in [3.05, 3.63) is 150 Å². The Morgan fingerprint density at radius 2 is 1.41 bits per heavy atom. The Balaban J connectivity index is 1.22. The summed E-state index contributed by atoms with van der Waals surface area (Å²) in [6, 6.07) is 35.6. The molecule has 1 aliphatic rings. The van der Waals surface area contributed by atoms with E-state index in [1.165, 1.54) is 0 Å². The lowest BCUT2D eigenvalue weighted by Crippen LogP contribution is -2.42. The number of hydrogen-bond donors (Lipinski definition) is 3. The van der Waals surface area contributed by atoms with Crippen molar-refractivity contribution in [3.63, 3.8) is 0 Å². The largest absolute Gasteiger partial charge is 0.489 e. The van der Waals surface area contributed by atoms with Crippen molar-refractivity contribution >= 4 is 17.8 Å². The Labute approximate surface area is 288 Å². The quantitative estimate of drug-likeness (QED) is 0.129. The number of carbonyl (C=O) groups is 3. The van der Waals surface area contributed by atoms with Crippen molar-refractivity contribution in [2.45, 2.75) is 50.8 Å². The van der Waals surface area contributed by atoms with E-state index < -0.39 is 18.0 Å². The Bertz CT molecular complexity index is 1640. The van der Waals surface area contributed by atoms with Crippen molar-refractivity contribution in [3.8, 4) is 5.75 Å². The zero-order chi connectivity index (χ0) is 34.3. The lowest BCUT2D eigenvalue weighted by molar-refractivity contribution is -0.150. The van der Waals surface area contributed by atoms with E-state index in [1.54, 1.807) is 0 Å². The van der Waals surface area contributed by atoms with Gasteiger partial charge >= 0.3 is 5.97 Å². The van der Waals surface area contributed by atoms with E-state index in [4.69, 9.17) is 9.47 Å². The molecule has 3 N–H and O–H groups in total. The molecule has 4 atom stereocenters. The molecule has 0 saturated heterocycles. The predicted molar refractivity (Wildman–Crippen MR) is 188 cm³/mol. The number of hydrogen-bond acceptors (Lipinski definition) is 6. The van der Waals surface area contributed by atoms with E-state index in [-0.39, 0.29) is 43.3 Å². The normalized spacial score (nSPS) is 19.0. The van der Waals surface area contributed by atoms with Crippen LogP contribution in [-0.2, 0) is 38.6 Å². The van der Waals surface area contributed by atoms with Crippen molar-refractivity contribution in [1.29, 1.82) is 0 Å². The van der Waals surface area contributed by atoms with E-state index in [0.717, 1.165) is 28.0 Å². The van der Waals surface area contributed by atoms with Gasteiger partial charge in [-0.1, -0.05) is 115 Å². The number of allylic oxidation sites excluding steroid dienone is 2. The zero-order valence-corrected chi connectivity index (χ0v) is 27.6. The maximum Gasteiger partial charge on any atom is 0.309 e. The summed E-state index contributed by atoms with van der Waals surface area (Å²) in [4.78, 5) is 40.1. The molecule has 8 nitrogen and oxygen atoms in total. The fraction of sp³-hybridized carbons (Fsp3) is 0.293. The molecule has 4 aromatic carbocycles. The van der Waals surface area contributed by atoms with Crippen LogP contribution in [0.5, 0.6) is 5.75 Å². The van der Waals surface area contributed by atoms with E-state index in [2.05, 4.69) is 10.6 Å². The first-order chi connectivity index (χ1) is 24.0. The van der Waals surface area contributed by atoms with Gasteiger partial charge in [-0.2, -0.15) is 0 Å². The molecule has 0 bridgehead atoms. The molecule has 8 heteroatoms. The molecule has 0 fully saturated rings. The third-order valence-corrected chi connectivity index (χ3v) is 8.62. The van der Waals surface area contributed by atoms with E-state index in [9.17, 15) is 19.5 Å². The van der Waals surface area contributed by atoms with Crippen LogP contribution in [0.3, 0.4) is 0 Å². The minimum absolute atomic E-state index is 0.0226. The number of esters is 1. The fourth-order valence-electron chi connectivity index (χ4n) is 5.86. The van der Waals surface area contributed by atoms with Crippen LogP contribution >= 0.6 is 0 Å². The van der Waals surface area contributed by atoms with Crippen LogP contribution in [-0.4, -0.2) is 42.1 Å². The molecule has 5 rings (SSSR count). The average Bonchev–Trinajstić information content (AvgIpc) is 3.14. The van der Waals surface area contributed by atoms with Gasteiger partial charge < -0.3 is 25.2 Å². The van der Waals surface area contributed by atoms with Crippen LogP contribution < -0.4 is 15.4 Å². The summed E-state index contributed by atoms with van der Waals surface area (Å²) in [5, 5.41) is 16.1. The molecule has 0 aromatic heterocycles. The fourth-order valence-corrected chi connectivity index (χ4v) is 5.86. The molecule has 4 aromatic rings. The van der Waals surface area contributed by atoms with Crippen molar-refractivity contribution in [1.82, 2.24) is 10.6 Å². The molecule has 254 valence electrons. The summed E-state index contributed by atoms with van der Waals surface area (Å²) in [7, 11) is 0. The molecule has 1 aliphatic heterocycles. The van der Waals surface area contributed by atoms with Gasteiger partial charge in [0, 0.05) is 6.42 Å². The number of aliphatic hydroxyl groups is 1. The third kappa shape index (κ3) is 11.2. The molecule has 0 spiro atoms. The molecule has 49 heavy (non-hydrogen) atoms. The highest BCUT2D eigenvalue weighted by molar-refractivity contribution is 5.86. The minimum Gasteiger partial charge on any atom is -0.489 e. The number of amides is 2. The summed E-state index contributed by atoms with van der Waals surface area (Å²) >= 11 is 0. The summed E-state index contributed by atoms with van der Waals surface area (Å²) in [6.07, 6.45) is 5.43. The molecule has 0 saturated carbocycles. The molecular formula is C41H44N2O6. The Morgan fingerprint density at radius 1 is 0.796 bits per heavy atom. The van der Waals surface area contributed by atoms with Gasteiger partial charge in [-0.3, -0.25) is 14.4 Å². The Morgan fingerprint density at radius 3 is 2.06 bits per heavy atom. The predicted octanol–water partition coefficient (Wildman–Crippen LogP) is 5.90. The maximum absolute atomic E-state index is 13.6. The van der Waals surface area contributed by atoms with Gasteiger partial charge in [0.1, 0.15) is 19.0 Å². The van der Waals surface area contributed by atoms with Gasteiger partial charge in [0.05, 0.1) is 30.5 Å². The lowest BCUT2D eigenvalue weighted by Gasteiger charge is -2.25. The first kappa shape index (κ1) is 35.1. The first-order valence-electron chi connectivity index (χ1n) is 16.8. The van der Waals surface area contributed by atoms with Gasteiger partial charge in [-0.25, -0.2) is 0 Å². The van der Waals surface area contributed by atoms with Gasteiger partial charge in [0.2, 0.25) is 11.8 Å². The minimum atomic E-state index is -0.662. The summed E-state index contributed by atoms with van der Waals surface area (Å²) in [5.74, 6) is -1.27. The summed E-state index contributed by atoms with van der Waals surface area (Å²) in [6.45, 7) is 0.190. The standard InChI is InChI=1S/C41H44N2O6/c44-27-36(25-31-20-22-37(23-21-31)48-28-32-14-6-2-7-15-32)42-39(45)26-34-18-10-11-19-35(24-30-12-4-1-5-13-30)41(47)49-29-38(43-40(34)46)33-16-8-3-9-17-33/h1-17,20-23,34-36,38,44H,18-19,24-29H2,(H,42,45)(H,43,46). The maximum atomic E-state index is 13.6. The van der Waals surface area contributed by atoms with Crippen molar-refractivity contribution < 1.29 is 29.0 Å². The number of aliphatic hydroxyl groups excluding tert-OH is 1. The molecule has 0 aliphatic carbocycles. The second-order valence-electron chi connectivity index (χ2n) is 12.4. The van der Waals surface area contributed by atoms with Crippen molar-refractivity contribution in [2.24, 2.45) is 11.8 Å². The second-order valence-corrected chi connectivity index (χ2v) is 12.4. The number of carbonyl (C=O) groups excluding carboxylic acids is 3. The van der Waals surface area contributed by atoms with Gasteiger partial charge in [0.25, 0.3) is 0 Å². The average molecular weight is 661 g/mol. The molecule has 0 radical (unpaired) electrons. The zero-order valence-electron chi connectivity index (χ0n) is 27.6. The number of rotatable bonds is 12. The molecule has 4 unspecified atom stereocenters. The van der Waals surface area contributed by atoms with Crippen LogP contribution in [0.2, 0.25) is 0 Å². The van der Waals surface area contributed by atoms with Crippen molar-refractivity contribution in [2.75, 3.05) is 13.2 Å². The number of cyclic esters (lactones) is 1. The first-order valence-corrected chi connectivity index (χ1v) is 16.8. The van der Waals surface area contributed by atoms with Gasteiger partial charge in [-0.05, 0) is 60.1 Å². The van der Waals surface area contributed by atoms with E-state index in [0.29, 0.717) is 32.3 Å². The van der Waals surface area contributed by atoms with Crippen LogP contribution in [0.25, 0.3) is 0 Å². The highest BCUT2D eigenvalue weighted by atomic mass is 16.5. The third-order valence-electron chi connectivity index (χ3n) is 8.62. The number of nitrogens with one attached hydrogen (secondary N) is 2. The number of benzene rings is 4. The highest BCUT2D eigenvalue weighted by Gasteiger charge is 2.28. The van der Waals surface area contributed by atoms with E-state index in [1.807, 2.05) is 127 Å². The molecular weight excluding hydrogens is 616 g/mol. The van der Waals surface area contributed by atoms with Gasteiger partial charge in [-0.15, -0.1) is 0 Å². The molecule has 1 heterocycles. The number of ether oxygens (including phenoxy) is 2. The van der Waals surface area contributed by atoms with E-state index >= 15 is 0 Å². The lowest BCUT2D eigenvalue weighted by atomic mass is 9.94. The van der Waals surface area contributed by atoms with Crippen LogP contribution in [0, 0.1) is 11.8 Å². The Hall–Kier alpha value is -5.21. The van der Waals surface area contributed by atoms with Crippen LogP contribution in [0.15, 0.2) is 127 Å². The van der Waals surface area contributed by atoms with Crippen LogP contribution in [0.4, 0.5) is 0 Å². The van der Waals surface area contributed by atoms with Gasteiger partial charge in [0.15, 0.2) is 0 Å². The SMILES string of the molecule is O=C(CC1CC=CCC(Cc2ccccc2)C(=O)OCC(c2ccccc2)NC1=O)NC(CO)Cc1ccc(OCc2ccccc2)cc1. The molecule has 2 amide bonds. The monoisotopic (exact) mass is 660 g/mol. The Kier molecular flexibility index (Phi) is 13.2. The highest BCUT2D eigenvalue weighted by Crippen LogP contribution is 2.22. The smallest absolute Gasteiger partial charge is 0.309 e. The topological polar surface area (TPSA) is 114 Å². The summed E-state index contributed by atoms with van der Waals surface area (Å²) < 4.78 is 11.7. The second kappa shape index (κ2) is 18.4.